The van der Waals surface area contributed by atoms with Gasteiger partial charge < -0.3 is 21.9 Å². The smallest absolute Gasteiger partial charge is 0.240 e. The van der Waals surface area contributed by atoms with Crippen molar-refractivity contribution in [2.75, 3.05) is 0 Å². The molecular weight excluding hydrogens is 306 g/mol. The molecule has 1 aromatic carbocycles. The number of rotatable bonds is 6. The summed E-state index contributed by atoms with van der Waals surface area (Å²) in [6.45, 7) is 9.63. The van der Waals surface area contributed by atoms with Gasteiger partial charge in [-0.05, 0) is 28.5 Å². The number of carbonyl (C=O) groups is 2. The number of aromatic hydroxyl groups is 1. The van der Waals surface area contributed by atoms with Crippen LogP contribution < -0.4 is 16.8 Å². The molecule has 0 aliphatic rings. The quantitative estimate of drug-likeness (QED) is 0.624. The maximum Gasteiger partial charge on any atom is 0.240 e. The van der Waals surface area contributed by atoms with E-state index in [2.05, 4.69) is 5.32 Å². The monoisotopic (exact) mass is 335 g/mol. The molecule has 0 radical (unpaired) electrons. The maximum absolute atomic E-state index is 12.1. The van der Waals surface area contributed by atoms with E-state index >= 15 is 0 Å². The van der Waals surface area contributed by atoms with E-state index in [0.29, 0.717) is 0 Å². The predicted octanol–water partition coefficient (Wildman–Crippen LogP) is 1.19. The van der Waals surface area contributed by atoms with Gasteiger partial charge in [0.15, 0.2) is 0 Å². The number of primary amides is 1. The number of benzene rings is 1. The van der Waals surface area contributed by atoms with Gasteiger partial charge in [-0.25, -0.2) is 0 Å². The third-order valence-electron chi connectivity index (χ3n) is 3.99. The highest BCUT2D eigenvalue weighted by atomic mass is 16.3. The van der Waals surface area contributed by atoms with Crippen molar-refractivity contribution < 1.29 is 14.7 Å². The van der Waals surface area contributed by atoms with Crippen LogP contribution in [0.1, 0.15) is 45.7 Å². The minimum Gasteiger partial charge on any atom is -0.508 e. The molecule has 6 nitrogen and oxygen atoms in total. The van der Waals surface area contributed by atoms with Gasteiger partial charge in [0.2, 0.25) is 11.8 Å². The van der Waals surface area contributed by atoms with Crippen LogP contribution in [0.25, 0.3) is 0 Å². The minimum absolute atomic E-state index is 0.0420. The van der Waals surface area contributed by atoms with Crippen LogP contribution in [0.5, 0.6) is 5.75 Å². The first-order chi connectivity index (χ1) is 10.9. The molecule has 0 aromatic heterocycles. The van der Waals surface area contributed by atoms with Crippen LogP contribution in [0.15, 0.2) is 18.2 Å². The van der Waals surface area contributed by atoms with Gasteiger partial charge in [0.1, 0.15) is 11.8 Å². The Labute approximate surface area is 143 Å². The fourth-order valence-corrected chi connectivity index (χ4v) is 2.34. The molecule has 2 atom stereocenters. The first kappa shape index (κ1) is 20.0. The highest BCUT2D eigenvalue weighted by molar-refractivity contribution is 5.89. The van der Waals surface area contributed by atoms with Crippen molar-refractivity contribution in [1.29, 1.82) is 0 Å². The normalized spacial score (nSPS) is 14.3. The van der Waals surface area contributed by atoms with Crippen LogP contribution in [0.4, 0.5) is 0 Å². The van der Waals surface area contributed by atoms with Gasteiger partial charge in [0, 0.05) is 6.42 Å². The van der Waals surface area contributed by atoms with Crippen LogP contribution in [0.3, 0.4) is 0 Å². The minimum atomic E-state index is -0.848. The molecule has 2 amide bonds. The fourth-order valence-electron chi connectivity index (χ4n) is 2.34. The van der Waals surface area contributed by atoms with Gasteiger partial charge in [-0.1, -0.05) is 46.8 Å². The van der Waals surface area contributed by atoms with Gasteiger partial charge in [0.05, 0.1) is 6.04 Å². The van der Waals surface area contributed by atoms with Crippen molar-refractivity contribution in [1.82, 2.24) is 5.32 Å². The molecule has 1 aromatic rings. The van der Waals surface area contributed by atoms with Gasteiger partial charge in [0.25, 0.3) is 0 Å². The van der Waals surface area contributed by atoms with E-state index in [-0.39, 0.29) is 23.5 Å². The molecule has 1 rings (SSSR count). The number of hydrogen-bond donors (Lipinski definition) is 4. The van der Waals surface area contributed by atoms with E-state index in [0.717, 1.165) is 11.1 Å². The number of phenolic OH excluding ortho intramolecular Hbond substituents is 1. The Balaban J connectivity index is 2.98. The molecule has 0 spiro atoms. The summed E-state index contributed by atoms with van der Waals surface area (Å²) in [5.41, 5.74) is 12.6. The van der Waals surface area contributed by atoms with Crippen molar-refractivity contribution in [3.63, 3.8) is 0 Å². The predicted molar refractivity (Wildman–Crippen MR) is 94.4 cm³/mol. The summed E-state index contributed by atoms with van der Waals surface area (Å²) in [5, 5.41) is 12.6. The summed E-state index contributed by atoms with van der Waals surface area (Å²) in [6, 6.07) is 3.60. The Bertz CT molecular complexity index is 606. The molecule has 0 aliphatic carbocycles. The second kappa shape index (κ2) is 7.66. The van der Waals surface area contributed by atoms with Crippen molar-refractivity contribution in [2.45, 2.75) is 58.5 Å². The largest absolute Gasteiger partial charge is 0.508 e. The number of nitrogens with two attached hydrogens (primary N) is 2. The van der Waals surface area contributed by atoms with E-state index in [1.807, 2.05) is 40.7 Å². The van der Waals surface area contributed by atoms with E-state index in [1.54, 1.807) is 12.1 Å². The maximum atomic E-state index is 12.1. The molecule has 24 heavy (non-hydrogen) atoms. The van der Waals surface area contributed by atoms with Crippen LogP contribution >= 0.6 is 0 Å². The zero-order chi connectivity index (χ0) is 18.7. The Morgan fingerprint density at radius 3 is 2.29 bits per heavy atom. The van der Waals surface area contributed by atoms with E-state index < -0.39 is 23.9 Å². The van der Waals surface area contributed by atoms with E-state index in [9.17, 15) is 14.7 Å². The summed E-state index contributed by atoms with van der Waals surface area (Å²) in [6.07, 6.45) is 0.245. The summed E-state index contributed by atoms with van der Waals surface area (Å²) in [7, 11) is 0. The molecule has 6 heteroatoms. The van der Waals surface area contributed by atoms with Crippen molar-refractivity contribution in [3.05, 3.63) is 29.3 Å². The number of carbonyl (C=O) groups excluding carboxylic acids is 2. The molecule has 134 valence electrons. The Morgan fingerprint density at radius 2 is 1.83 bits per heavy atom. The number of phenols is 1. The van der Waals surface area contributed by atoms with Crippen LogP contribution in [0.2, 0.25) is 0 Å². The second-order valence-electron chi connectivity index (χ2n) is 7.54. The molecule has 0 bridgehead atoms. The first-order valence-electron chi connectivity index (χ1n) is 8.11. The number of hydrogen-bond acceptors (Lipinski definition) is 4. The second-order valence-corrected chi connectivity index (χ2v) is 7.54. The van der Waals surface area contributed by atoms with Crippen molar-refractivity contribution in [3.8, 4) is 5.75 Å². The van der Waals surface area contributed by atoms with E-state index in [4.69, 9.17) is 11.5 Å². The fraction of sp³-hybridized carbons (Fsp3) is 0.556. The third kappa shape index (κ3) is 5.23. The topological polar surface area (TPSA) is 118 Å². The van der Waals surface area contributed by atoms with Gasteiger partial charge >= 0.3 is 0 Å². The summed E-state index contributed by atoms with van der Waals surface area (Å²) in [4.78, 5) is 23.8. The average Bonchev–Trinajstić information content (AvgIpc) is 2.45. The lowest BCUT2D eigenvalue weighted by Crippen LogP contribution is -2.52. The molecule has 0 fully saturated rings. The summed E-state index contributed by atoms with van der Waals surface area (Å²) in [5.74, 6) is -0.860. The standard InChI is InChI=1S/C18H29N3O3/c1-10(2)15(19)17(24)21-13(16(20)23)9-11-6-7-14(22)12(8-11)18(3,4)5/h6-8,10,13,15,22H,9,19H2,1-5H3,(H2,20,23)(H,21,24)/t13-,15?/m0/s1. The van der Waals surface area contributed by atoms with Crippen molar-refractivity contribution >= 4 is 11.8 Å². The highest BCUT2D eigenvalue weighted by Crippen LogP contribution is 2.31. The van der Waals surface area contributed by atoms with Gasteiger partial charge in [-0.3, -0.25) is 9.59 Å². The zero-order valence-electron chi connectivity index (χ0n) is 15.1. The third-order valence-corrected chi connectivity index (χ3v) is 3.99. The Kier molecular flexibility index (Phi) is 6.37. The number of amides is 2. The lowest BCUT2D eigenvalue weighted by Gasteiger charge is -2.23. The lowest BCUT2D eigenvalue weighted by atomic mass is 9.84. The molecule has 0 heterocycles. The lowest BCUT2D eigenvalue weighted by molar-refractivity contribution is -0.128. The number of nitrogens with one attached hydrogen (secondary N) is 1. The van der Waals surface area contributed by atoms with Crippen molar-refractivity contribution in [2.24, 2.45) is 17.4 Å². The SMILES string of the molecule is CC(C)C(N)C(=O)N[C@@H](Cc1ccc(O)c(C(C)(C)C)c1)C(N)=O. The highest BCUT2D eigenvalue weighted by Gasteiger charge is 2.25. The molecule has 0 saturated heterocycles. The summed E-state index contributed by atoms with van der Waals surface area (Å²) >= 11 is 0. The first-order valence-corrected chi connectivity index (χ1v) is 8.11. The van der Waals surface area contributed by atoms with Crippen LogP contribution in [-0.4, -0.2) is 29.0 Å². The Morgan fingerprint density at radius 1 is 1.25 bits per heavy atom. The van der Waals surface area contributed by atoms with E-state index in [1.165, 1.54) is 0 Å². The van der Waals surface area contributed by atoms with Crippen LogP contribution in [-0.2, 0) is 21.4 Å². The zero-order valence-corrected chi connectivity index (χ0v) is 15.1. The van der Waals surface area contributed by atoms with Gasteiger partial charge in [-0.2, -0.15) is 0 Å². The average molecular weight is 335 g/mol. The molecule has 0 aliphatic heterocycles. The molecule has 6 N–H and O–H groups in total. The molecule has 1 unspecified atom stereocenters. The molecule has 0 saturated carbocycles. The van der Waals surface area contributed by atoms with Crippen LogP contribution in [0, 0.1) is 5.92 Å². The van der Waals surface area contributed by atoms with Gasteiger partial charge in [-0.15, -0.1) is 0 Å². The summed E-state index contributed by atoms with van der Waals surface area (Å²) < 4.78 is 0. The molecular formula is C18H29N3O3. The Hall–Kier alpha value is -2.08.